The van der Waals surface area contributed by atoms with Gasteiger partial charge >= 0.3 is 0 Å². The average molecular weight is 1390 g/mol. The van der Waals surface area contributed by atoms with Crippen LogP contribution in [0.1, 0.15) is 134 Å². The van der Waals surface area contributed by atoms with Crippen molar-refractivity contribution in [2.24, 2.45) is 0 Å². The van der Waals surface area contributed by atoms with Gasteiger partial charge in [0.15, 0.2) is 16.9 Å². The van der Waals surface area contributed by atoms with Crippen LogP contribution in [0, 0.1) is 0 Å². The van der Waals surface area contributed by atoms with Crippen molar-refractivity contribution in [3.8, 4) is 33.5 Å². The van der Waals surface area contributed by atoms with Crippen LogP contribution in [-0.2, 0) is 33.5 Å². The predicted octanol–water partition coefficient (Wildman–Crippen LogP) is 9.03. The molecular formula is C69H66ClN17O10S2. The van der Waals surface area contributed by atoms with E-state index >= 15 is 0 Å². The van der Waals surface area contributed by atoms with E-state index in [2.05, 4.69) is 57.3 Å². The van der Waals surface area contributed by atoms with E-state index in [0.717, 1.165) is 78.9 Å². The van der Waals surface area contributed by atoms with Crippen molar-refractivity contribution in [1.82, 2.24) is 70.0 Å². The molecule has 8 aromatic heterocycles. The van der Waals surface area contributed by atoms with Crippen LogP contribution in [0.15, 0.2) is 101 Å². The number of rotatable bonds is 16. The lowest BCUT2D eigenvalue weighted by Crippen LogP contribution is -2.48. The van der Waals surface area contributed by atoms with Gasteiger partial charge in [-0.05, 0) is 132 Å². The summed E-state index contributed by atoms with van der Waals surface area (Å²) in [6.45, 7) is 5.09. The SMILES string of the molecule is CC1CN(C(=O)c2ccc(-c3cc(NC4CC4)c4ncc(/C=C5\CC(=O)NC5=O)n4n3)s2)CC(C)O1.O=C1C/C(=C\c2cnc3c(NC4CC4)cc(-c4csc(C(=O)NC5CCCC5)c4)nn23)C(=O)N1.O=C1C/C(=C\c2cnc3c(NC4CC4)cc(Oc4cccc(Cl)c4)nn23)C(=O)N1. The van der Waals surface area contributed by atoms with Crippen molar-refractivity contribution in [3.05, 3.63) is 133 Å². The Hall–Kier alpha value is -10.5. The number of carbonyl (C=O) groups excluding carboxylic acids is 8. The molecule has 7 N–H and O–H groups in total. The van der Waals surface area contributed by atoms with Gasteiger partial charge in [0.2, 0.25) is 23.6 Å². The third-order valence-electron chi connectivity index (χ3n) is 17.5. The third kappa shape index (κ3) is 14.7. The van der Waals surface area contributed by atoms with Gasteiger partial charge in [0.05, 0.1) is 105 Å². The van der Waals surface area contributed by atoms with Gasteiger partial charge in [0.25, 0.3) is 29.5 Å². The van der Waals surface area contributed by atoms with Crippen molar-refractivity contribution in [2.75, 3.05) is 29.0 Å². The molecule has 0 bridgehead atoms. The quantitative estimate of drug-likeness (QED) is 0.0350. The largest absolute Gasteiger partial charge is 0.437 e. The molecule has 8 aliphatic rings. The Kier molecular flexibility index (Phi) is 17.6. The zero-order chi connectivity index (χ0) is 68.2. The molecule has 8 amide bonds. The van der Waals surface area contributed by atoms with Gasteiger partial charge in [-0.3, -0.25) is 54.3 Å². The highest BCUT2D eigenvalue weighted by atomic mass is 35.5. The second-order valence-electron chi connectivity index (χ2n) is 25.8. The van der Waals surface area contributed by atoms with Crippen LogP contribution in [-0.4, -0.2) is 145 Å². The summed E-state index contributed by atoms with van der Waals surface area (Å²) in [6, 6.07) is 19.9. The summed E-state index contributed by atoms with van der Waals surface area (Å²) in [7, 11) is 0. The van der Waals surface area contributed by atoms with Gasteiger partial charge < -0.3 is 35.6 Å². The van der Waals surface area contributed by atoms with E-state index in [0.29, 0.717) is 120 Å². The second-order valence-corrected chi connectivity index (χ2v) is 28.2. The Labute approximate surface area is 577 Å². The molecule has 12 heterocycles. The molecule has 8 fully saturated rings. The standard InChI is InChI=1S/C25H26N6O4S.C24H24N6O3S.C20H16ClN5O3/c1-13-11-30(12-14(2)35-13)25(34)21-6-5-20(36-21)18-9-19(27-16-3-4-16)23-26-10-17(31(23)29-18)7-15-8-22(32)28-24(15)33;31-21-9-13(23(32)28-21)7-17-11-25-22-19(26-16-5-6-16)10-18(29-30(17)22)14-8-20(34-12-14)24(33)27-15-3-1-2-4-15;21-12-2-1-3-15(8-12)29-18-9-16(23-13-4-5-13)19-22-10-14(26(19)25-18)6-11-7-17(27)24-20(11)28/h5-7,9-10,13-14,16,27H,3-4,8,11-12H2,1-2H3,(H,28,32,33);7-8,10-12,15-16,26H,1-6,9H2,(H,27,33)(H,28,31,32);1-3,6,8-10,13,23H,4-5,7H2,(H,24,27,28)/b15-7+;13-7+;11-6+. The number of thiophene rings is 2. The Balaban J connectivity index is 0.000000122. The molecule has 99 heavy (non-hydrogen) atoms. The minimum Gasteiger partial charge on any atom is -0.437 e. The van der Waals surface area contributed by atoms with Crippen LogP contribution in [0.3, 0.4) is 0 Å². The van der Waals surface area contributed by atoms with Crippen LogP contribution in [0.5, 0.6) is 11.6 Å². The number of anilines is 3. The van der Waals surface area contributed by atoms with E-state index in [1.807, 2.05) is 54.5 Å². The number of carbonyl (C=O) groups is 8. The highest BCUT2D eigenvalue weighted by Gasteiger charge is 2.32. The van der Waals surface area contributed by atoms with Gasteiger partial charge in [0, 0.05) is 76.0 Å². The lowest BCUT2D eigenvalue weighted by Gasteiger charge is -2.35. The van der Waals surface area contributed by atoms with Gasteiger partial charge in [-0.2, -0.15) is 10.2 Å². The molecule has 2 atom stereocenters. The highest BCUT2D eigenvalue weighted by Crippen LogP contribution is 2.37. The zero-order valence-electron chi connectivity index (χ0n) is 53.6. The molecule has 0 spiro atoms. The van der Waals surface area contributed by atoms with E-state index in [-0.39, 0.29) is 73.0 Å². The average Bonchev–Trinajstić information content (AvgIpc) is 1.69. The van der Waals surface area contributed by atoms with E-state index in [4.69, 9.17) is 31.3 Å². The number of nitrogens with zero attached hydrogens (tertiary/aromatic N) is 10. The number of aromatic nitrogens is 9. The first-order chi connectivity index (χ1) is 47.9. The summed E-state index contributed by atoms with van der Waals surface area (Å²) >= 11 is 8.85. The topological polar surface area (TPSA) is 333 Å². The summed E-state index contributed by atoms with van der Waals surface area (Å²) in [5, 5.41) is 37.1. The van der Waals surface area contributed by atoms with Crippen LogP contribution in [0.4, 0.5) is 17.1 Å². The molecule has 2 unspecified atom stereocenters. The Morgan fingerprint density at radius 2 is 1.08 bits per heavy atom. The molecule has 17 rings (SSSR count). The minimum atomic E-state index is -0.396. The first kappa shape index (κ1) is 64.5. The maximum atomic E-state index is 13.2. The number of imidazole rings is 3. The Morgan fingerprint density at radius 1 is 0.586 bits per heavy atom. The first-order valence-corrected chi connectivity index (χ1v) is 35.0. The summed E-state index contributed by atoms with van der Waals surface area (Å²) in [6.07, 6.45) is 21.0. The Bertz CT molecular complexity index is 4900. The molecule has 9 aromatic rings. The van der Waals surface area contributed by atoms with E-state index in [1.165, 1.54) is 35.5 Å². The maximum absolute atomic E-state index is 13.2. The van der Waals surface area contributed by atoms with Crippen LogP contribution in [0.25, 0.3) is 57.0 Å². The molecule has 30 heteroatoms. The van der Waals surface area contributed by atoms with Crippen molar-refractivity contribution in [2.45, 2.75) is 134 Å². The van der Waals surface area contributed by atoms with E-state index in [1.54, 1.807) is 80.7 Å². The smallest absolute Gasteiger partial charge is 0.264 e. The number of morpholine rings is 1. The monoisotopic (exact) mass is 1390 g/mol. The van der Waals surface area contributed by atoms with Gasteiger partial charge in [-0.1, -0.05) is 30.5 Å². The highest BCUT2D eigenvalue weighted by molar-refractivity contribution is 7.17. The zero-order valence-corrected chi connectivity index (χ0v) is 56.0. The fraction of sp³-hybridized carbons (Fsp3) is 0.333. The Morgan fingerprint density at radius 3 is 1.58 bits per heavy atom. The fourth-order valence-corrected chi connectivity index (χ4v) is 14.2. The number of benzene rings is 1. The second kappa shape index (κ2) is 27.1. The molecule has 1 aromatic carbocycles. The van der Waals surface area contributed by atoms with Crippen molar-refractivity contribution < 1.29 is 47.8 Å². The lowest BCUT2D eigenvalue weighted by atomic mass is 10.2. The molecule has 4 saturated carbocycles. The van der Waals surface area contributed by atoms with E-state index in [9.17, 15) is 38.4 Å². The lowest BCUT2D eigenvalue weighted by molar-refractivity contribution is -0.125. The normalized spacial score (nSPS) is 20.6. The number of hydrogen-bond donors (Lipinski definition) is 7. The predicted molar refractivity (Wildman–Crippen MR) is 370 cm³/mol. The summed E-state index contributed by atoms with van der Waals surface area (Å²) in [4.78, 5) is 114. The molecule has 0 radical (unpaired) electrons. The fourth-order valence-electron chi connectivity index (χ4n) is 12.3. The number of imide groups is 3. The summed E-state index contributed by atoms with van der Waals surface area (Å²) in [5.41, 5.74) is 9.59. The van der Waals surface area contributed by atoms with Gasteiger partial charge in [0.1, 0.15) is 11.4 Å². The minimum absolute atomic E-state index is 0.00304. The maximum Gasteiger partial charge on any atom is 0.264 e. The number of halogens is 1. The van der Waals surface area contributed by atoms with Crippen LogP contribution in [0.2, 0.25) is 5.02 Å². The van der Waals surface area contributed by atoms with Gasteiger partial charge in [-0.15, -0.1) is 27.8 Å². The van der Waals surface area contributed by atoms with Crippen molar-refractivity contribution in [1.29, 1.82) is 0 Å². The van der Waals surface area contributed by atoms with Crippen LogP contribution < -0.4 is 42.0 Å². The van der Waals surface area contributed by atoms with Crippen LogP contribution >= 0.6 is 34.3 Å². The molecule has 4 saturated heterocycles. The number of hydrogen-bond acceptors (Lipinski definition) is 21. The number of amides is 8. The molecule has 4 aliphatic heterocycles. The number of fused-ring (bicyclic) bond motifs is 3. The molecule has 27 nitrogen and oxygen atoms in total. The summed E-state index contributed by atoms with van der Waals surface area (Å²) < 4.78 is 16.7. The molecular weight excluding hydrogens is 1330 g/mol. The third-order valence-corrected chi connectivity index (χ3v) is 19.8. The first-order valence-electron chi connectivity index (χ1n) is 32.9. The van der Waals surface area contributed by atoms with E-state index < -0.39 is 11.8 Å². The van der Waals surface area contributed by atoms with Crippen molar-refractivity contribution in [3.63, 3.8) is 0 Å². The summed E-state index contributed by atoms with van der Waals surface area (Å²) in [5.74, 6) is -1.24. The van der Waals surface area contributed by atoms with Crippen molar-refractivity contribution >= 4 is 134 Å². The number of ether oxygens (including phenoxy) is 2. The molecule has 506 valence electrons. The molecule has 4 aliphatic carbocycles. The number of nitrogens with one attached hydrogen (secondary N) is 7. The van der Waals surface area contributed by atoms with Gasteiger partial charge in [-0.25, -0.2) is 28.5 Å².